The van der Waals surface area contributed by atoms with Gasteiger partial charge in [-0.05, 0) is 57.0 Å². The van der Waals surface area contributed by atoms with Crippen LogP contribution in [0.4, 0.5) is 5.82 Å². The fourth-order valence-electron chi connectivity index (χ4n) is 2.01. The van der Waals surface area contributed by atoms with Gasteiger partial charge in [-0.1, -0.05) is 17.7 Å². The van der Waals surface area contributed by atoms with Crippen LogP contribution in [0, 0.1) is 20.8 Å². The van der Waals surface area contributed by atoms with Gasteiger partial charge in [-0.15, -0.1) is 0 Å². The molecule has 4 nitrogen and oxygen atoms in total. The number of carbonyl (C=O) groups is 1. The number of aryl methyl sites for hydroxylation is 3. The lowest BCUT2D eigenvalue weighted by Crippen LogP contribution is -2.30. The minimum Gasteiger partial charge on any atom is -0.481 e. The van der Waals surface area contributed by atoms with Gasteiger partial charge in [0.25, 0.3) is 5.91 Å². The zero-order valence-electron chi connectivity index (χ0n) is 12.8. The van der Waals surface area contributed by atoms with Crippen LogP contribution in [0.3, 0.4) is 0 Å². The molecule has 1 heterocycles. The highest BCUT2D eigenvalue weighted by Gasteiger charge is 2.16. The van der Waals surface area contributed by atoms with E-state index < -0.39 is 6.10 Å². The van der Waals surface area contributed by atoms with Gasteiger partial charge in [0.05, 0.1) is 0 Å². The Kier molecular flexibility index (Phi) is 4.58. The SMILES string of the molecule is Cc1ccnc(NC(=O)[C@H](C)Oc2ccc(C)cc2C)c1. The summed E-state index contributed by atoms with van der Waals surface area (Å²) in [5.74, 6) is 1.05. The molecule has 1 atom stereocenters. The van der Waals surface area contributed by atoms with Crippen LogP contribution in [0.15, 0.2) is 36.5 Å². The summed E-state index contributed by atoms with van der Waals surface area (Å²) in [6.07, 6.45) is 1.08. The van der Waals surface area contributed by atoms with E-state index in [0.29, 0.717) is 5.82 Å². The van der Waals surface area contributed by atoms with Crippen molar-refractivity contribution in [3.05, 3.63) is 53.2 Å². The van der Waals surface area contributed by atoms with Crippen molar-refractivity contribution in [2.24, 2.45) is 0 Å². The molecule has 0 radical (unpaired) electrons. The summed E-state index contributed by atoms with van der Waals surface area (Å²) in [6, 6.07) is 9.59. The van der Waals surface area contributed by atoms with E-state index in [9.17, 15) is 4.79 Å². The molecule has 0 aliphatic carbocycles. The largest absolute Gasteiger partial charge is 0.481 e. The van der Waals surface area contributed by atoms with E-state index in [-0.39, 0.29) is 5.91 Å². The Hall–Kier alpha value is -2.36. The molecule has 0 spiro atoms. The van der Waals surface area contributed by atoms with Crippen LogP contribution in [-0.2, 0) is 4.79 Å². The molecule has 0 fully saturated rings. The molecular formula is C17H20N2O2. The molecule has 1 aromatic carbocycles. The first-order chi connectivity index (χ1) is 9.95. The Morgan fingerprint density at radius 2 is 1.86 bits per heavy atom. The van der Waals surface area contributed by atoms with Crippen LogP contribution in [-0.4, -0.2) is 17.0 Å². The zero-order valence-corrected chi connectivity index (χ0v) is 12.8. The summed E-state index contributed by atoms with van der Waals surface area (Å²) in [4.78, 5) is 16.2. The molecule has 1 amide bonds. The van der Waals surface area contributed by atoms with Crippen LogP contribution in [0.2, 0.25) is 0 Å². The topological polar surface area (TPSA) is 51.2 Å². The lowest BCUT2D eigenvalue weighted by atomic mass is 10.1. The maximum atomic E-state index is 12.1. The quantitative estimate of drug-likeness (QED) is 0.936. The smallest absolute Gasteiger partial charge is 0.266 e. The number of benzene rings is 1. The van der Waals surface area contributed by atoms with Crippen molar-refractivity contribution in [3.8, 4) is 5.75 Å². The highest BCUT2D eigenvalue weighted by Crippen LogP contribution is 2.20. The fraction of sp³-hybridized carbons (Fsp3) is 0.294. The lowest BCUT2D eigenvalue weighted by molar-refractivity contribution is -0.122. The third-order valence-corrected chi connectivity index (χ3v) is 3.17. The number of pyridine rings is 1. The Labute approximate surface area is 125 Å². The van der Waals surface area contributed by atoms with Gasteiger partial charge < -0.3 is 10.1 Å². The minimum atomic E-state index is -0.589. The normalized spacial score (nSPS) is 11.8. The predicted molar refractivity (Wildman–Crippen MR) is 83.6 cm³/mol. The van der Waals surface area contributed by atoms with Crippen molar-refractivity contribution < 1.29 is 9.53 Å². The summed E-state index contributed by atoms with van der Waals surface area (Å²) in [5.41, 5.74) is 3.23. The van der Waals surface area contributed by atoms with Crippen molar-refractivity contribution in [2.75, 3.05) is 5.32 Å². The van der Waals surface area contributed by atoms with E-state index in [4.69, 9.17) is 4.74 Å². The number of anilines is 1. The Bertz CT molecular complexity index is 653. The van der Waals surface area contributed by atoms with Gasteiger partial charge in [-0.3, -0.25) is 4.79 Å². The molecule has 2 rings (SSSR count). The van der Waals surface area contributed by atoms with Gasteiger partial charge in [0.2, 0.25) is 0 Å². The second-order valence-corrected chi connectivity index (χ2v) is 5.24. The monoisotopic (exact) mass is 284 g/mol. The first kappa shape index (κ1) is 15.0. The summed E-state index contributed by atoms with van der Waals surface area (Å²) in [5, 5.41) is 2.76. The van der Waals surface area contributed by atoms with Crippen LogP contribution in [0.1, 0.15) is 23.6 Å². The van der Waals surface area contributed by atoms with Gasteiger partial charge >= 0.3 is 0 Å². The molecular weight excluding hydrogens is 264 g/mol. The van der Waals surface area contributed by atoms with Gasteiger partial charge in [-0.25, -0.2) is 4.98 Å². The highest BCUT2D eigenvalue weighted by molar-refractivity contribution is 5.93. The van der Waals surface area contributed by atoms with Crippen molar-refractivity contribution >= 4 is 11.7 Å². The molecule has 110 valence electrons. The van der Waals surface area contributed by atoms with E-state index in [2.05, 4.69) is 10.3 Å². The van der Waals surface area contributed by atoms with E-state index in [1.807, 2.05) is 51.1 Å². The summed E-state index contributed by atoms with van der Waals surface area (Å²) >= 11 is 0. The van der Waals surface area contributed by atoms with Crippen molar-refractivity contribution in [2.45, 2.75) is 33.8 Å². The molecule has 1 aromatic heterocycles. The number of ether oxygens (including phenoxy) is 1. The maximum absolute atomic E-state index is 12.1. The lowest BCUT2D eigenvalue weighted by Gasteiger charge is -2.16. The molecule has 21 heavy (non-hydrogen) atoms. The van der Waals surface area contributed by atoms with Gasteiger partial charge in [-0.2, -0.15) is 0 Å². The maximum Gasteiger partial charge on any atom is 0.266 e. The number of rotatable bonds is 4. The Balaban J connectivity index is 2.02. The van der Waals surface area contributed by atoms with E-state index in [0.717, 1.165) is 16.9 Å². The van der Waals surface area contributed by atoms with Gasteiger partial charge in [0.1, 0.15) is 11.6 Å². The average molecular weight is 284 g/mol. The van der Waals surface area contributed by atoms with Gasteiger partial charge in [0, 0.05) is 6.20 Å². The van der Waals surface area contributed by atoms with Crippen molar-refractivity contribution in [1.29, 1.82) is 0 Å². The molecule has 1 N–H and O–H groups in total. The molecule has 0 bridgehead atoms. The second-order valence-electron chi connectivity index (χ2n) is 5.24. The standard InChI is InChI=1S/C17H20N2O2/c1-11-5-6-15(13(3)9-11)21-14(4)17(20)19-16-10-12(2)7-8-18-16/h5-10,14H,1-4H3,(H,18,19,20)/t14-/m0/s1. The molecule has 0 aliphatic rings. The van der Waals surface area contributed by atoms with E-state index in [1.54, 1.807) is 13.1 Å². The number of nitrogens with one attached hydrogen (secondary N) is 1. The number of nitrogens with zero attached hydrogens (tertiary/aromatic N) is 1. The fourth-order valence-corrected chi connectivity index (χ4v) is 2.01. The molecule has 0 aliphatic heterocycles. The van der Waals surface area contributed by atoms with E-state index >= 15 is 0 Å². The minimum absolute atomic E-state index is 0.215. The number of aromatic nitrogens is 1. The number of hydrogen-bond acceptors (Lipinski definition) is 3. The predicted octanol–water partition coefficient (Wildman–Crippen LogP) is 3.41. The molecule has 2 aromatic rings. The molecule has 0 saturated heterocycles. The summed E-state index contributed by atoms with van der Waals surface area (Å²) in [7, 11) is 0. The number of carbonyl (C=O) groups excluding carboxylic acids is 1. The van der Waals surface area contributed by atoms with Crippen LogP contribution < -0.4 is 10.1 Å². The third kappa shape index (κ3) is 4.05. The number of amides is 1. The molecule has 0 saturated carbocycles. The van der Waals surface area contributed by atoms with Gasteiger partial charge in [0.15, 0.2) is 6.10 Å². The molecule has 4 heteroatoms. The zero-order chi connectivity index (χ0) is 15.4. The second kappa shape index (κ2) is 6.39. The van der Waals surface area contributed by atoms with Crippen LogP contribution in [0.25, 0.3) is 0 Å². The summed E-state index contributed by atoms with van der Waals surface area (Å²) in [6.45, 7) is 7.67. The molecule has 0 unspecified atom stereocenters. The Morgan fingerprint density at radius 1 is 1.14 bits per heavy atom. The summed E-state index contributed by atoms with van der Waals surface area (Å²) < 4.78 is 5.72. The average Bonchev–Trinajstić information content (AvgIpc) is 2.41. The first-order valence-electron chi connectivity index (χ1n) is 6.93. The third-order valence-electron chi connectivity index (χ3n) is 3.17. The van der Waals surface area contributed by atoms with Crippen molar-refractivity contribution in [1.82, 2.24) is 4.98 Å². The van der Waals surface area contributed by atoms with Crippen molar-refractivity contribution in [3.63, 3.8) is 0 Å². The van der Waals surface area contributed by atoms with E-state index in [1.165, 1.54) is 5.56 Å². The first-order valence-corrected chi connectivity index (χ1v) is 6.93. The van der Waals surface area contributed by atoms with Crippen LogP contribution in [0.5, 0.6) is 5.75 Å². The highest BCUT2D eigenvalue weighted by atomic mass is 16.5. The number of hydrogen-bond donors (Lipinski definition) is 1. The Morgan fingerprint density at radius 3 is 2.52 bits per heavy atom. The van der Waals surface area contributed by atoms with Crippen LogP contribution >= 0.6 is 0 Å².